The van der Waals surface area contributed by atoms with Gasteiger partial charge in [0, 0.05) is 6.92 Å². The Hall–Kier alpha value is -1.87. The molecule has 1 aliphatic rings. The minimum absolute atomic E-state index is 0.343. The standard InChI is InChI=1S/C15H21NO7/c1-8(18)16-12-14(20)13(19)11(7-17)23-15(12)22-10-6-4-3-5-9(10)21-2/h3-6,11-15,17,19-20H,7H2,1-2H3,(H,16,18)/t11-,12-,13+,14+,15-/m1/s1. The number of aliphatic hydroxyl groups is 3. The van der Waals surface area contributed by atoms with Crippen LogP contribution in [0.15, 0.2) is 24.3 Å². The molecule has 4 N–H and O–H groups in total. The zero-order valence-corrected chi connectivity index (χ0v) is 12.9. The van der Waals surface area contributed by atoms with Crippen molar-refractivity contribution < 1.29 is 34.3 Å². The summed E-state index contributed by atoms with van der Waals surface area (Å²) in [6, 6.07) is 5.80. The van der Waals surface area contributed by atoms with Gasteiger partial charge >= 0.3 is 0 Å². The van der Waals surface area contributed by atoms with Gasteiger partial charge in [-0.1, -0.05) is 12.1 Å². The summed E-state index contributed by atoms with van der Waals surface area (Å²) in [5.41, 5.74) is 0. The number of aliphatic hydroxyl groups excluding tert-OH is 3. The molecule has 128 valence electrons. The molecule has 0 unspecified atom stereocenters. The lowest BCUT2D eigenvalue weighted by molar-refractivity contribution is -0.244. The lowest BCUT2D eigenvalue weighted by atomic mass is 9.97. The maximum absolute atomic E-state index is 11.3. The smallest absolute Gasteiger partial charge is 0.223 e. The van der Waals surface area contributed by atoms with Gasteiger partial charge in [-0.05, 0) is 12.1 Å². The molecule has 1 aromatic carbocycles. The zero-order chi connectivity index (χ0) is 17.0. The molecule has 8 nitrogen and oxygen atoms in total. The van der Waals surface area contributed by atoms with Crippen molar-refractivity contribution in [1.82, 2.24) is 5.32 Å². The summed E-state index contributed by atoms with van der Waals surface area (Å²) in [6.45, 7) is 0.772. The Morgan fingerprint density at radius 3 is 2.48 bits per heavy atom. The number of benzene rings is 1. The van der Waals surface area contributed by atoms with E-state index in [9.17, 15) is 20.1 Å². The number of amides is 1. The van der Waals surface area contributed by atoms with Crippen molar-refractivity contribution in [3.63, 3.8) is 0 Å². The van der Waals surface area contributed by atoms with Crippen LogP contribution < -0.4 is 14.8 Å². The van der Waals surface area contributed by atoms with Gasteiger partial charge in [0.15, 0.2) is 11.5 Å². The summed E-state index contributed by atoms with van der Waals surface area (Å²) in [5, 5.41) is 31.9. The molecule has 0 saturated carbocycles. The van der Waals surface area contributed by atoms with Crippen LogP contribution in [0.25, 0.3) is 0 Å². The van der Waals surface area contributed by atoms with E-state index in [1.54, 1.807) is 24.3 Å². The zero-order valence-electron chi connectivity index (χ0n) is 12.9. The van der Waals surface area contributed by atoms with Crippen molar-refractivity contribution in [2.45, 2.75) is 37.6 Å². The Bertz CT molecular complexity index is 538. The molecule has 0 aliphatic carbocycles. The van der Waals surface area contributed by atoms with Crippen molar-refractivity contribution in [3.05, 3.63) is 24.3 Å². The maximum atomic E-state index is 11.3. The van der Waals surface area contributed by atoms with E-state index in [1.165, 1.54) is 14.0 Å². The lowest BCUT2D eigenvalue weighted by Crippen LogP contribution is -2.65. The first-order valence-electron chi connectivity index (χ1n) is 7.17. The van der Waals surface area contributed by atoms with Crippen LogP contribution >= 0.6 is 0 Å². The van der Waals surface area contributed by atoms with E-state index < -0.39 is 43.2 Å². The van der Waals surface area contributed by atoms with E-state index in [0.29, 0.717) is 11.5 Å². The Morgan fingerprint density at radius 2 is 1.91 bits per heavy atom. The van der Waals surface area contributed by atoms with Crippen LogP contribution in [0.1, 0.15) is 6.92 Å². The van der Waals surface area contributed by atoms with Crippen molar-refractivity contribution in [3.8, 4) is 11.5 Å². The van der Waals surface area contributed by atoms with Gasteiger partial charge in [-0.25, -0.2) is 0 Å². The highest BCUT2D eigenvalue weighted by molar-refractivity contribution is 5.73. The fraction of sp³-hybridized carbons (Fsp3) is 0.533. The molecule has 0 spiro atoms. The number of ether oxygens (including phenoxy) is 3. The molecule has 23 heavy (non-hydrogen) atoms. The van der Waals surface area contributed by atoms with Crippen molar-refractivity contribution in [2.75, 3.05) is 13.7 Å². The lowest BCUT2D eigenvalue weighted by Gasteiger charge is -2.42. The molecule has 0 aromatic heterocycles. The molecule has 2 rings (SSSR count). The van der Waals surface area contributed by atoms with E-state index in [2.05, 4.69) is 5.32 Å². The highest BCUT2D eigenvalue weighted by Gasteiger charge is 2.46. The number of carbonyl (C=O) groups is 1. The van der Waals surface area contributed by atoms with E-state index in [-0.39, 0.29) is 0 Å². The largest absolute Gasteiger partial charge is 0.493 e. The van der Waals surface area contributed by atoms with E-state index in [0.717, 1.165) is 0 Å². The number of carbonyl (C=O) groups excluding carboxylic acids is 1. The van der Waals surface area contributed by atoms with Gasteiger partial charge in [0.25, 0.3) is 0 Å². The van der Waals surface area contributed by atoms with Crippen LogP contribution in [0.2, 0.25) is 0 Å². The first-order valence-corrected chi connectivity index (χ1v) is 7.17. The molecule has 8 heteroatoms. The Balaban J connectivity index is 2.25. The van der Waals surface area contributed by atoms with Crippen LogP contribution in [0.5, 0.6) is 11.5 Å². The summed E-state index contributed by atoms with van der Waals surface area (Å²) in [6.07, 6.45) is -4.85. The SMILES string of the molecule is COc1ccccc1O[C@@H]1O[C@H](CO)[C@H](O)[C@@H](O)[C@H]1NC(C)=O. The van der Waals surface area contributed by atoms with E-state index in [4.69, 9.17) is 14.2 Å². The average Bonchev–Trinajstić information content (AvgIpc) is 2.54. The van der Waals surface area contributed by atoms with Gasteiger partial charge in [0.1, 0.15) is 24.4 Å². The third kappa shape index (κ3) is 3.91. The molecule has 1 fully saturated rings. The van der Waals surface area contributed by atoms with Crippen molar-refractivity contribution in [2.24, 2.45) is 0 Å². The quantitative estimate of drug-likeness (QED) is 0.549. The first kappa shape index (κ1) is 17.5. The monoisotopic (exact) mass is 327 g/mol. The van der Waals surface area contributed by atoms with Gasteiger partial charge in [-0.2, -0.15) is 0 Å². The maximum Gasteiger partial charge on any atom is 0.223 e. The van der Waals surface area contributed by atoms with Crippen LogP contribution in [-0.2, 0) is 9.53 Å². The topological polar surface area (TPSA) is 117 Å². The fourth-order valence-electron chi connectivity index (χ4n) is 2.41. The molecular formula is C15H21NO7. The number of methoxy groups -OCH3 is 1. The Kier molecular flexibility index (Phi) is 5.78. The second-order valence-electron chi connectivity index (χ2n) is 5.20. The van der Waals surface area contributed by atoms with Crippen molar-refractivity contribution >= 4 is 5.91 Å². The molecule has 1 aromatic rings. The summed E-state index contributed by atoms with van der Waals surface area (Å²) in [5.74, 6) is 0.371. The van der Waals surface area contributed by atoms with Gasteiger partial charge in [0.2, 0.25) is 12.2 Å². The van der Waals surface area contributed by atoms with Gasteiger partial charge in [-0.15, -0.1) is 0 Å². The fourth-order valence-corrected chi connectivity index (χ4v) is 2.41. The van der Waals surface area contributed by atoms with Gasteiger partial charge in [-0.3, -0.25) is 4.79 Å². The number of rotatable bonds is 5. The molecule has 5 atom stereocenters. The van der Waals surface area contributed by atoms with Crippen molar-refractivity contribution in [1.29, 1.82) is 0 Å². The van der Waals surface area contributed by atoms with Crippen LogP contribution in [0, 0.1) is 0 Å². The Morgan fingerprint density at radius 1 is 1.26 bits per heavy atom. The number of para-hydroxylation sites is 2. The minimum atomic E-state index is -1.36. The molecule has 1 heterocycles. The molecule has 1 aliphatic heterocycles. The van der Waals surface area contributed by atoms with E-state index >= 15 is 0 Å². The highest BCUT2D eigenvalue weighted by atomic mass is 16.7. The summed E-state index contributed by atoms with van der Waals surface area (Å²) in [7, 11) is 1.48. The summed E-state index contributed by atoms with van der Waals surface area (Å²) >= 11 is 0. The van der Waals surface area contributed by atoms with Gasteiger partial charge in [0.05, 0.1) is 13.7 Å². The normalized spacial score (nSPS) is 30.6. The third-order valence-electron chi connectivity index (χ3n) is 3.56. The highest BCUT2D eigenvalue weighted by Crippen LogP contribution is 2.30. The van der Waals surface area contributed by atoms with E-state index in [1.807, 2.05) is 0 Å². The van der Waals surface area contributed by atoms with Crippen LogP contribution in [-0.4, -0.2) is 65.6 Å². The Labute approximate surface area is 133 Å². The van der Waals surface area contributed by atoms with Crippen LogP contribution in [0.4, 0.5) is 0 Å². The number of nitrogens with one attached hydrogen (secondary N) is 1. The molecular weight excluding hydrogens is 306 g/mol. The number of hydrogen-bond acceptors (Lipinski definition) is 7. The molecule has 0 bridgehead atoms. The number of hydrogen-bond donors (Lipinski definition) is 4. The van der Waals surface area contributed by atoms with Gasteiger partial charge < -0.3 is 34.8 Å². The summed E-state index contributed by atoms with van der Waals surface area (Å²) in [4.78, 5) is 11.3. The predicted octanol–water partition coefficient (Wildman–Crippen LogP) is -0.982. The average molecular weight is 327 g/mol. The van der Waals surface area contributed by atoms with Crippen LogP contribution in [0.3, 0.4) is 0 Å². The minimum Gasteiger partial charge on any atom is -0.493 e. The summed E-state index contributed by atoms with van der Waals surface area (Å²) < 4.78 is 16.4. The first-order chi connectivity index (χ1) is 11.0. The second-order valence-corrected chi connectivity index (χ2v) is 5.20. The predicted molar refractivity (Wildman–Crippen MR) is 79.0 cm³/mol. The second kappa shape index (κ2) is 7.60. The molecule has 1 amide bonds. The molecule has 1 saturated heterocycles. The third-order valence-corrected chi connectivity index (χ3v) is 3.56. The molecule has 0 radical (unpaired) electrons.